The summed E-state index contributed by atoms with van der Waals surface area (Å²) in [7, 11) is 0. The van der Waals surface area contributed by atoms with Crippen molar-refractivity contribution in [3.63, 3.8) is 0 Å². The van der Waals surface area contributed by atoms with Crippen molar-refractivity contribution < 1.29 is 23.4 Å². The summed E-state index contributed by atoms with van der Waals surface area (Å²) in [5, 5.41) is 0.630. The molecular weight excluding hydrogens is 360 g/mol. The molecule has 0 spiro atoms. The Hall–Kier alpha value is -1.92. The van der Waals surface area contributed by atoms with Crippen molar-refractivity contribution >= 4 is 16.9 Å². The zero-order valence-corrected chi connectivity index (χ0v) is 17.3. The van der Waals surface area contributed by atoms with Crippen LogP contribution in [0.5, 0.6) is 0 Å². The Morgan fingerprint density at radius 2 is 1.79 bits per heavy atom. The summed E-state index contributed by atoms with van der Waals surface area (Å²) in [5.74, 6) is 0.399. The molecule has 0 radical (unpaired) electrons. The third-order valence-corrected chi connectivity index (χ3v) is 5.03. The lowest BCUT2D eigenvalue weighted by molar-refractivity contribution is -0.236. The van der Waals surface area contributed by atoms with Gasteiger partial charge in [-0.1, -0.05) is 33.6 Å². The molecule has 4 rings (SSSR count). The molecule has 0 aliphatic carbocycles. The van der Waals surface area contributed by atoms with Gasteiger partial charge in [0.1, 0.15) is 11.7 Å². The van der Waals surface area contributed by atoms with Crippen LogP contribution >= 0.6 is 0 Å². The second-order valence-electron chi connectivity index (χ2n) is 7.36. The highest BCUT2D eigenvalue weighted by atomic mass is 16.7. The standard InChI is InChI=1S/C15H28O4.C7H4O2/c1-5-7-8-13-9-17-15(18-10-13)11(3)12(4)19-14(16)6-2;8-7-5-1-3-6(9-7)4-2-5/h11-13,15H,5-10H2,1-4H3;1-4H. The number of unbranched alkanes of at least 4 members (excludes halogenated alkanes) is 1. The van der Waals surface area contributed by atoms with Crippen molar-refractivity contribution in [2.24, 2.45) is 11.8 Å². The molecule has 28 heavy (non-hydrogen) atoms. The number of hydrogen-bond acceptors (Lipinski definition) is 6. The van der Waals surface area contributed by atoms with Crippen LogP contribution in [0, 0.1) is 11.8 Å². The van der Waals surface area contributed by atoms with Gasteiger partial charge in [0.05, 0.1) is 18.6 Å². The zero-order valence-electron chi connectivity index (χ0n) is 17.3. The molecule has 0 N–H and O–H groups in total. The van der Waals surface area contributed by atoms with Crippen molar-refractivity contribution in [3.8, 4) is 0 Å². The zero-order chi connectivity index (χ0) is 20.5. The van der Waals surface area contributed by atoms with Crippen molar-refractivity contribution in [1.82, 2.24) is 0 Å². The first-order chi connectivity index (χ1) is 13.4. The molecule has 2 atom stereocenters. The van der Waals surface area contributed by atoms with Gasteiger partial charge in [-0.25, -0.2) is 4.79 Å². The predicted octanol–water partition coefficient (Wildman–Crippen LogP) is 4.37. The van der Waals surface area contributed by atoms with Gasteiger partial charge in [0.15, 0.2) is 6.29 Å². The Morgan fingerprint density at radius 3 is 2.21 bits per heavy atom. The van der Waals surface area contributed by atoms with Gasteiger partial charge in [-0.15, -0.1) is 0 Å². The quantitative estimate of drug-likeness (QED) is 0.651. The van der Waals surface area contributed by atoms with E-state index in [0.717, 1.165) is 19.6 Å². The van der Waals surface area contributed by atoms with Crippen LogP contribution in [-0.4, -0.2) is 31.6 Å². The van der Waals surface area contributed by atoms with Crippen molar-refractivity contribution in [2.75, 3.05) is 13.2 Å². The summed E-state index contributed by atoms with van der Waals surface area (Å²) in [5.41, 5.74) is 0.394. The second kappa shape index (κ2) is 11.2. The Balaban J connectivity index is 0.000000255. The topological polar surface area (TPSA) is 75.0 Å². The maximum absolute atomic E-state index is 11.3. The lowest BCUT2D eigenvalue weighted by Crippen LogP contribution is -2.40. The number of carbonyl (C=O) groups excluding carboxylic acids is 1. The summed E-state index contributed by atoms with van der Waals surface area (Å²) in [4.78, 5) is 21.9. The molecule has 1 fully saturated rings. The fraction of sp³-hybridized carbons (Fsp3) is 0.636. The van der Waals surface area contributed by atoms with Gasteiger partial charge in [-0.05, 0) is 37.6 Å². The Morgan fingerprint density at radius 1 is 1.14 bits per heavy atom. The van der Waals surface area contributed by atoms with E-state index in [9.17, 15) is 9.59 Å². The smallest absolute Gasteiger partial charge is 0.343 e. The van der Waals surface area contributed by atoms with E-state index < -0.39 is 0 Å². The van der Waals surface area contributed by atoms with Gasteiger partial charge in [0.25, 0.3) is 0 Å². The highest BCUT2D eigenvalue weighted by molar-refractivity contribution is 5.69. The fourth-order valence-corrected chi connectivity index (χ4v) is 2.97. The van der Waals surface area contributed by atoms with Crippen molar-refractivity contribution in [2.45, 2.75) is 65.8 Å². The lowest BCUT2D eigenvalue weighted by atomic mass is 10.0. The molecule has 6 nitrogen and oxygen atoms in total. The van der Waals surface area contributed by atoms with E-state index in [1.807, 2.05) is 13.8 Å². The van der Waals surface area contributed by atoms with Crippen LogP contribution in [0.4, 0.5) is 0 Å². The molecule has 2 bridgehead atoms. The molecule has 3 aromatic rings. The van der Waals surface area contributed by atoms with Crippen LogP contribution in [-0.2, 0) is 19.0 Å². The SMILES string of the molecule is CCCCC1COC(C(C)C(C)OC(=O)CC)OC1.O=c1oc2ccc1cc2. The minimum atomic E-state index is -0.252. The molecule has 2 aromatic heterocycles. The predicted molar refractivity (Wildman–Crippen MR) is 107 cm³/mol. The number of carbonyl (C=O) groups is 1. The van der Waals surface area contributed by atoms with Crippen molar-refractivity contribution in [3.05, 3.63) is 34.7 Å². The largest absolute Gasteiger partial charge is 0.462 e. The monoisotopic (exact) mass is 392 g/mol. The van der Waals surface area contributed by atoms with E-state index in [2.05, 4.69) is 6.92 Å². The molecule has 1 aliphatic heterocycles. The van der Waals surface area contributed by atoms with Crippen molar-refractivity contribution in [1.29, 1.82) is 0 Å². The van der Waals surface area contributed by atoms with Crippen LogP contribution < -0.4 is 5.63 Å². The van der Waals surface area contributed by atoms with Gasteiger partial charge in [0, 0.05) is 18.3 Å². The Labute approximate surface area is 166 Å². The highest BCUT2D eigenvalue weighted by Gasteiger charge is 2.31. The average molecular weight is 392 g/mol. The van der Waals surface area contributed by atoms with Gasteiger partial charge in [0.2, 0.25) is 0 Å². The number of hydrogen-bond donors (Lipinski definition) is 0. The van der Waals surface area contributed by atoms with E-state index in [4.69, 9.17) is 18.6 Å². The average Bonchev–Trinajstić information content (AvgIpc) is 2.73. The van der Waals surface area contributed by atoms with E-state index >= 15 is 0 Å². The number of fused-ring (bicyclic) bond motifs is 3. The molecule has 1 aliphatic rings. The van der Waals surface area contributed by atoms with Gasteiger partial charge in [-0.2, -0.15) is 0 Å². The maximum Gasteiger partial charge on any atom is 0.343 e. The van der Waals surface area contributed by atoms with Crippen LogP contribution in [0.3, 0.4) is 0 Å². The van der Waals surface area contributed by atoms with E-state index in [-0.39, 0.29) is 29.9 Å². The van der Waals surface area contributed by atoms with E-state index in [1.54, 1.807) is 31.2 Å². The molecule has 0 saturated carbocycles. The molecule has 2 unspecified atom stereocenters. The van der Waals surface area contributed by atoms with Crippen LogP contribution in [0.15, 0.2) is 33.5 Å². The van der Waals surface area contributed by atoms with Crippen LogP contribution in [0.25, 0.3) is 11.0 Å². The third kappa shape index (κ3) is 6.60. The minimum Gasteiger partial charge on any atom is -0.462 e. The summed E-state index contributed by atoms with van der Waals surface area (Å²) >= 11 is 0. The first-order valence-corrected chi connectivity index (χ1v) is 10.2. The molecular formula is C22H32O6. The van der Waals surface area contributed by atoms with Gasteiger partial charge >= 0.3 is 11.6 Å². The van der Waals surface area contributed by atoms with Gasteiger partial charge in [-0.3, -0.25) is 4.79 Å². The van der Waals surface area contributed by atoms with Gasteiger partial charge < -0.3 is 18.6 Å². The molecule has 156 valence electrons. The molecule has 0 amide bonds. The molecule has 1 aromatic carbocycles. The lowest BCUT2D eigenvalue weighted by Gasteiger charge is -2.34. The highest BCUT2D eigenvalue weighted by Crippen LogP contribution is 2.24. The number of esters is 1. The third-order valence-electron chi connectivity index (χ3n) is 5.03. The fourth-order valence-electron chi connectivity index (χ4n) is 2.97. The summed E-state index contributed by atoms with van der Waals surface area (Å²) in [6.07, 6.45) is 3.57. The minimum absolute atomic E-state index is 0.0580. The second-order valence-corrected chi connectivity index (χ2v) is 7.36. The molecule has 1 saturated heterocycles. The molecule has 6 heteroatoms. The van der Waals surface area contributed by atoms with Crippen LogP contribution in [0.1, 0.15) is 53.4 Å². The first-order valence-electron chi connectivity index (χ1n) is 10.2. The summed E-state index contributed by atoms with van der Waals surface area (Å²) in [6.45, 7) is 9.40. The Kier molecular flexibility index (Phi) is 8.93. The Bertz CT molecular complexity index is 726. The van der Waals surface area contributed by atoms with E-state index in [0.29, 0.717) is 23.3 Å². The van der Waals surface area contributed by atoms with Crippen LogP contribution in [0.2, 0.25) is 0 Å². The van der Waals surface area contributed by atoms with E-state index in [1.165, 1.54) is 12.8 Å². The normalized spacial score (nSPS) is 21.6. The number of ether oxygens (including phenoxy) is 3. The number of rotatable bonds is 7. The maximum atomic E-state index is 11.3. The molecule has 3 heterocycles. The summed E-state index contributed by atoms with van der Waals surface area (Å²) in [6, 6.07) is 7.05. The first kappa shape index (κ1) is 22.4. The number of benzene rings is 1. The summed E-state index contributed by atoms with van der Waals surface area (Å²) < 4.78 is 21.6.